The van der Waals surface area contributed by atoms with Crippen LogP contribution < -0.4 is 9.47 Å². The molecule has 0 bridgehead atoms. The van der Waals surface area contributed by atoms with Crippen LogP contribution in [0.5, 0.6) is 17.2 Å². The summed E-state index contributed by atoms with van der Waals surface area (Å²) < 4.78 is 17.4. The van der Waals surface area contributed by atoms with Gasteiger partial charge >= 0.3 is 0 Å². The summed E-state index contributed by atoms with van der Waals surface area (Å²) in [5.41, 5.74) is 1.73. The van der Waals surface area contributed by atoms with Crippen LogP contribution in [0.15, 0.2) is 65.3 Å². The lowest BCUT2D eigenvalue weighted by Crippen LogP contribution is -2.35. The second-order valence-corrected chi connectivity index (χ2v) is 9.70. The Morgan fingerprint density at radius 3 is 2.68 bits per heavy atom. The van der Waals surface area contributed by atoms with Crippen LogP contribution in [0.2, 0.25) is 0 Å². The van der Waals surface area contributed by atoms with Crippen LogP contribution in [0.4, 0.5) is 0 Å². The van der Waals surface area contributed by atoms with E-state index in [0.29, 0.717) is 36.7 Å². The van der Waals surface area contributed by atoms with Gasteiger partial charge in [-0.1, -0.05) is 30.3 Å². The number of hydrogen-bond acceptors (Lipinski definition) is 5. The number of phenols is 1. The van der Waals surface area contributed by atoms with E-state index >= 15 is 0 Å². The normalized spacial score (nSPS) is 16.5. The van der Waals surface area contributed by atoms with Crippen LogP contribution in [-0.2, 0) is 6.42 Å². The fourth-order valence-corrected chi connectivity index (χ4v) is 4.76. The van der Waals surface area contributed by atoms with E-state index in [0.717, 1.165) is 37.7 Å². The maximum Gasteiger partial charge on any atom is 0.198 e. The number of aryl methyl sites for hydroxylation is 1. The number of rotatable bonds is 11. The molecule has 3 aromatic rings. The number of hydrogen-bond donors (Lipinski definition) is 1. The molecule has 0 radical (unpaired) electrons. The van der Waals surface area contributed by atoms with Gasteiger partial charge in [-0.2, -0.15) is 0 Å². The average molecular weight is 463 g/mol. The quantitative estimate of drug-likeness (QED) is 0.243. The van der Waals surface area contributed by atoms with E-state index in [-0.39, 0.29) is 17.5 Å². The Morgan fingerprint density at radius 2 is 1.91 bits per heavy atom. The van der Waals surface area contributed by atoms with Crippen LogP contribution in [0, 0.1) is 0 Å². The van der Waals surface area contributed by atoms with E-state index in [1.807, 2.05) is 26.0 Å². The third kappa shape index (κ3) is 6.22. The number of carbonyl (C=O) groups is 1. The van der Waals surface area contributed by atoms with Crippen molar-refractivity contribution in [1.29, 1.82) is 0 Å². The van der Waals surface area contributed by atoms with Crippen LogP contribution in [0.25, 0.3) is 0 Å². The zero-order valence-electron chi connectivity index (χ0n) is 20.1. The predicted molar refractivity (Wildman–Crippen MR) is 132 cm³/mol. The van der Waals surface area contributed by atoms with Crippen molar-refractivity contribution >= 4 is 5.78 Å². The van der Waals surface area contributed by atoms with E-state index < -0.39 is 5.60 Å². The van der Waals surface area contributed by atoms with E-state index in [1.54, 1.807) is 18.2 Å². The summed E-state index contributed by atoms with van der Waals surface area (Å²) in [5, 5.41) is 10.8. The van der Waals surface area contributed by atoms with Crippen molar-refractivity contribution < 1.29 is 23.8 Å². The van der Waals surface area contributed by atoms with E-state index in [9.17, 15) is 9.90 Å². The van der Waals surface area contributed by atoms with Crippen LogP contribution in [-0.4, -0.2) is 23.1 Å². The standard InChI is InChI=1S/C29H34O5/c1-29(2)20-22(14-15-24(30)26-13-9-17-33-26)28-25(31)18-23(19-27(28)34-29)32-16-8-4-7-12-21-10-5-3-6-11-21/h3,5-6,9-11,13,17-19,22,31H,4,7-8,12,14-16,20H2,1-2H3. The molecule has 4 rings (SSSR count). The Kier molecular flexibility index (Phi) is 7.61. The lowest BCUT2D eigenvalue weighted by molar-refractivity contribution is 0.0670. The molecule has 0 amide bonds. The summed E-state index contributed by atoms with van der Waals surface area (Å²) in [5.74, 6) is 1.80. The highest BCUT2D eigenvalue weighted by Gasteiger charge is 2.36. The molecule has 5 heteroatoms. The first-order chi connectivity index (χ1) is 16.4. The van der Waals surface area contributed by atoms with E-state index in [2.05, 4.69) is 24.3 Å². The smallest absolute Gasteiger partial charge is 0.198 e. The maximum absolute atomic E-state index is 12.4. The molecular weight excluding hydrogens is 428 g/mol. The summed E-state index contributed by atoms with van der Waals surface area (Å²) in [6.07, 6.45) is 7.45. The number of unbranched alkanes of at least 4 members (excludes halogenated alkanes) is 2. The number of Topliss-reactive ketones (excluding diaryl/α,β-unsaturated/α-hetero) is 1. The molecule has 0 spiro atoms. The summed E-state index contributed by atoms with van der Waals surface area (Å²) >= 11 is 0. The number of ether oxygens (including phenoxy) is 2. The lowest BCUT2D eigenvalue weighted by Gasteiger charge is -2.38. The van der Waals surface area contributed by atoms with Gasteiger partial charge in [0.05, 0.1) is 12.9 Å². The molecule has 1 atom stereocenters. The zero-order valence-corrected chi connectivity index (χ0v) is 20.1. The molecule has 0 aliphatic carbocycles. The second-order valence-electron chi connectivity index (χ2n) is 9.70. The number of phenolic OH excluding ortho intramolecular Hbond substituents is 1. The highest BCUT2D eigenvalue weighted by Crippen LogP contribution is 2.48. The van der Waals surface area contributed by atoms with Crippen molar-refractivity contribution in [3.05, 3.63) is 77.7 Å². The molecule has 1 aliphatic heterocycles. The molecule has 0 saturated heterocycles. The van der Waals surface area contributed by atoms with Crippen LogP contribution >= 0.6 is 0 Å². The minimum atomic E-state index is -0.395. The number of benzene rings is 2. The number of aromatic hydroxyl groups is 1. The van der Waals surface area contributed by atoms with Crippen molar-refractivity contribution in [3.8, 4) is 17.2 Å². The number of fused-ring (bicyclic) bond motifs is 1. The van der Waals surface area contributed by atoms with Crippen molar-refractivity contribution in [1.82, 2.24) is 0 Å². The molecule has 2 aromatic carbocycles. The maximum atomic E-state index is 12.4. The fraction of sp³-hybridized carbons (Fsp3) is 0.414. The molecule has 180 valence electrons. The van der Waals surface area contributed by atoms with Gasteiger partial charge in [0, 0.05) is 24.1 Å². The molecule has 0 fully saturated rings. The first-order valence-electron chi connectivity index (χ1n) is 12.2. The Labute approximate surface area is 201 Å². The van der Waals surface area contributed by atoms with Gasteiger partial charge in [-0.05, 0) is 76.0 Å². The highest BCUT2D eigenvalue weighted by molar-refractivity contribution is 5.93. The zero-order chi connectivity index (χ0) is 24.0. The highest BCUT2D eigenvalue weighted by atomic mass is 16.5. The first-order valence-corrected chi connectivity index (χ1v) is 12.2. The molecule has 2 heterocycles. The molecule has 34 heavy (non-hydrogen) atoms. The van der Waals surface area contributed by atoms with Crippen molar-refractivity contribution in [2.45, 2.75) is 70.3 Å². The van der Waals surface area contributed by atoms with Gasteiger partial charge in [-0.15, -0.1) is 0 Å². The van der Waals surface area contributed by atoms with E-state index in [4.69, 9.17) is 13.9 Å². The molecule has 5 nitrogen and oxygen atoms in total. The topological polar surface area (TPSA) is 68.9 Å². The van der Waals surface area contributed by atoms with Gasteiger partial charge in [0.2, 0.25) is 0 Å². The summed E-state index contributed by atoms with van der Waals surface area (Å²) in [6, 6.07) is 17.5. The molecule has 1 aromatic heterocycles. The number of ketones is 1. The third-order valence-electron chi connectivity index (χ3n) is 6.36. The minimum Gasteiger partial charge on any atom is -0.507 e. The predicted octanol–water partition coefficient (Wildman–Crippen LogP) is 7.08. The first kappa shape index (κ1) is 23.9. The number of furan rings is 1. The largest absolute Gasteiger partial charge is 0.507 e. The Hall–Kier alpha value is -3.21. The average Bonchev–Trinajstić information content (AvgIpc) is 3.34. The SMILES string of the molecule is CC1(C)CC(CCC(=O)c2ccco2)c2c(O)cc(OCCCCCc3ccccc3)cc2O1. The van der Waals surface area contributed by atoms with Crippen molar-refractivity contribution in [2.75, 3.05) is 6.61 Å². The van der Waals surface area contributed by atoms with E-state index in [1.165, 1.54) is 11.8 Å². The molecular formula is C29H34O5. The third-order valence-corrected chi connectivity index (χ3v) is 6.36. The Morgan fingerprint density at radius 1 is 1.09 bits per heavy atom. The van der Waals surface area contributed by atoms with Crippen molar-refractivity contribution in [3.63, 3.8) is 0 Å². The Balaban J connectivity index is 1.33. The summed E-state index contributed by atoms with van der Waals surface area (Å²) in [4.78, 5) is 12.4. The molecule has 1 unspecified atom stereocenters. The fourth-order valence-electron chi connectivity index (χ4n) is 4.76. The van der Waals surface area contributed by atoms with Gasteiger partial charge < -0.3 is 19.0 Å². The Bertz CT molecular complexity index is 1070. The number of carbonyl (C=O) groups excluding carboxylic acids is 1. The minimum absolute atomic E-state index is 0.0182. The van der Waals surface area contributed by atoms with Crippen molar-refractivity contribution in [2.24, 2.45) is 0 Å². The monoisotopic (exact) mass is 462 g/mol. The van der Waals surface area contributed by atoms with Gasteiger partial charge in [-0.25, -0.2) is 0 Å². The lowest BCUT2D eigenvalue weighted by atomic mass is 9.80. The summed E-state index contributed by atoms with van der Waals surface area (Å²) in [6.45, 7) is 4.67. The van der Waals surface area contributed by atoms with Gasteiger partial charge in [-0.3, -0.25) is 4.79 Å². The van der Waals surface area contributed by atoms with Gasteiger partial charge in [0.25, 0.3) is 0 Å². The summed E-state index contributed by atoms with van der Waals surface area (Å²) in [7, 11) is 0. The van der Waals surface area contributed by atoms with Crippen LogP contribution in [0.1, 0.15) is 80.0 Å². The van der Waals surface area contributed by atoms with Gasteiger partial charge in [0.1, 0.15) is 22.8 Å². The molecule has 1 N–H and O–H groups in total. The molecule has 0 saturated carbocycles. The van der Waals surface area contributed by atoms with Crippen LogP contribution in [0.3, 0.4) is 0 Å². The molecule has 1 aliphatic rings. The second kappa shape index (κ2) is 10.8. The van der Waals surface area contributed by atoms with Gasteiger partial charge in [0.15, 0.2) is 11.5 Å².